The van der Waals surface area contributed by atoms with Crippen molar-refractivity contribution in [3.63, 3.8) is 0 Å². The molecule has 1 aromatic heterocycles. The first-order chi connectivity index (χ1) is 15.6. The number of hydrogen-bond acceptors (Lipinski definition) is 4. The lowest BCUT2D eigenvalue weighted by atomic mass is 10.0. The number of carbonyl (C=O) groups is 1. The van der Waals surface area contributed by atoms with Crippen LogP contribution in [0.2, 0.25) is 0 Å². The fraction of sp³-hybridized carbons (Fsp3) is 0.192. The first-order valence-corrected chi connectivity index (χ1v) is 11.7. The summed E-state index contributed by atoms with van der Waals surface area (Å²) in [6.07, 6.45) is 1.95. The Kier molecular flexibility index (Phi) is 5.53. The van der Waals surface area contributed by atoms with Crippen molar-refractivity contribution in [2.75, 3.05) is 17.2 Å². The second-order valence-electron chi connectivity index (χ2n) is 7.95. The summed E-state index contributed by atoms with van der Waals surface area (Å²) in [5, 5.41) is 1.09. The van der Waals surface area contributed by atoms with Crippen LogP contribution in [0.4, 0.5) is 5.69 Å². The van der Waals surface area contributed by atoms with Gasteiger partial charge in [-0.2, -0.15) is 0 Å². The molecule has 5 rings (SSSR count). The number of aromatic nitrogens is 2. The summed E-state index contributed by atoms with van der Waals surface area (Å²) < 4.78 is 1.61. The molecule has 1 aliphatic rings. The molecule has 0 saturated heterocycles. The predicted molar refractivity (Wildman–Crippen MR) is 130 cm³/mol. The summed E-state index contributed by atoms with van der Waals surface area (Å²) in [5.41, 5.74) is 4.57. The van der Waals surface area contributed by atoms with Gasteiger partial charge in [0.25, 0.3) is 5.56 Å². The molecule has 3 aromatic carbocycles. The number of fused-ring (bicyclic) bond motifs is 2. The van der Waals surface area contributed by atoms with Gasteiger partial charge in [-0.3, -0.25) is 14.2 Å². The Morgan fingerprint density at radius 2 is 1.75 bits per heavy atom. The van der Waals surface area contributed by atoms with Crippen molar-refractivity contribution in [3.8, 4) is 5.69 Å². The molecule has 2 heterocycles. The third kappa shape index (κ3) is 3.82. The molecule has 4 aromatic rings. The van der Waals surface area contributed by atoms with Gasteiger partial charge in [0, 0.05) is 12.2 Å². The van der Waals surface area contributed by atoms with E-state index in [0.29, 0.717) is 22.6 Å². The maximum absolute atomic E-state index is 13.4. The van der Waals surface area contributed by atoms with E-state index in [1.807, 2.05) is 72.5 Å². The van der Waals surface area contributed by atoms with Crippen LogP contribution in [0.25, 0.3) is 16.6 Å². The normalized spacial score (nSPS) is 13.2. The number of thioether (sulfide) groups is 1. The molecule has 0 bridgehead atoms. The van der Waals surface area contributed by atoms with Crippen LogP contribution in [0.5, 0.6) is 0 Å². The van der Waals surface area contributed by atoms with Gasteiger partial charge in [0.15, 0.2) is 5.16 Å². The summed E-state index contributed by atoms with van der Waals surface area (Å²) >= 11 is 1.31. The number of anilines is 1. The van der Waals surface area contributed by atoms with E-state index in [9.17, 15) is 9.59 Å². The number of rotatable bonds is 4. The minimum absolute atomic E-state index is 0.0278. The number of carbonyl (C=O) groups excluding carboxylic acids is 1. The summed E-state index contributed by atoms with van der Waals surface area (Å²) in [4.78, 5) is 33.1. The Morgan fingerprint density at radius 1 is 1.00 bits per heavy atom. The lowest BCUT2D eigenvalue weighted by Crippen LogP contribution is -2.36. The van der Waals surface area contributed by atoms with E-state index in [1.165, 1.54) is 17.3 Å². The first-order valence-electron chi connectivity index (χ1n) is 10.7. The van der Waals surface area contributed by atoms with E-state index in [0.717, 1.165) is 29.8 Å². The lowest BCUT2D eigenvalue weighted by molar-refractivity contribution is -0.116. The molecular weight excluding hydrogens is 418 g/mol. The van der Waals surface area contributed by atoms with E-state index < -0.39 is 0 Å². The largest absolute Gasteiger partial charge is 0.311 e. The van der Waals surface area contributed by atoms with Crippen molar-refractivity contribution >= 4 is 34.3 Å². The zero-order valence-corrected chi connectivity index (χ0v) is 18.6. The number of amides is 1. The Balaban J connectivity index is 1.50. The molecule has 0 saturated carbocycles. The Hall–Kier alpha value is -3.38. The third-order valence-electron chi connectivity index (χ3n) is 5.77. The van der Waals surface area contributed by atoms with Crippen LogP contribution < -0.4 is 10.5 Å². The molecule has 0 N–H and O–H groups in total. The monoisotopic (exact) mass is 441 g/mol. The molecule has 0 fully saturated rings. The minimum Gasteiger partial charge on any atom is -0.311 e. The highest BCUT2D eigenvalue weighted by Gasteiger charge is 2.23. The highest BCUT2D eigenvalue weighted by molar-refractivity contribution is 7.99. The smallest absolute Gasteiger partial charge is 0.266 e. The fourth-order valence-corrected chi connectivity index (χ4v) is 5.02. The standard InChI is InChI=1S/C26H23N3O2S/c1-18-12-14-20(15-13-18)29-25(31)21-9-3-4-10-22(21)27-26(29)32-17-24(30)28-16-6-8-19-7-2-5-11-23(19)28/h2-5,7,9-15H,6,8,16-17H2,1H3. The van der Waals surface area contributed by atoms with Crippen molar-refractivity contribution in [3.05, 3.63) is 94.3 Å². The molecule has 0 radical (unpaired) electrons. The van der Waals surface area contributed by atoms with Gasteiger partial charge in [0.1, 0.15) is 0 Å². The summed E-state index contributed by atoms with van der Waals surface area (Å²) in [7, 11) is 0. The number of nitrogens with zero attached hydrogens (tertiary/aromatic N) is 3. The third-order valence-corrected chi connectivity index (χ3v) is 6.70. The quantitative estimate of drug-likeness (QED) is 0.338. The van der Waals surface area contributed by atoms with Crippen LogP contribution in [0, 0.1) is 6.92 Å². The van der Waals surface area contributed by atoms with Gasteiger partial charge in [0.05, 0.1) is 22.3 Å². The maximum Gasteiger partial charge on any atom is 0.266 e. The van der Waals surface area contributed by atoms with Gasteiger partial charge in [-0.05, 0) is 55.7 Å². The molecule has 5 nitrogen and oxygen atoms in total. The SMILES string of the molecule is Cc1ccc(-n2c(SCC(=O)N3CCCc4ccccc43)nc3ccccc3c2=O)cc1. The van der Waals surface area contributed by atoms with Crippen molar-refractivity contribution in [2.24, 2.45) is 0 Å². The van der Waals surface area contributed by atoms with Crippen LogP contribution in [0.3, 0.4) is 0 Å². The van der Waals surface area contributed by atoms with Crippen LogP contribution in [0.15, 0.2) is 82.7 Å². The van der Waals surface area contributed by atoms with E-state index >= 15 is 0 Å². The molecule has 6 heteroatoms. The molecule has 0 atom stereocenters. The first kappa shape index (κ1) is 20.5. The molecule has 32 heavy (non-hydrogen) atoms. The van der Waals surface area contributed by atoms with Crippen molar-refractivity contribution in [1.82, 2.24) is 9.55 Å². The maximum atomic E-state index is 13.4. The second-order valence-corrected chi connectivity index (χ2v) is 8.90. The zero-order valence-electron chi connectivity index (χ0n) is 17.8. The topological polar surface area (TPSA) is 55.2 Å². The number of benzene rings is 3. The zero-order chi connectivity index (χ0) is 22.1. The van der Waals surface area contributed by atoms with E-state index in [4.69, 9.17) is 4.98 Å². The van der Waals surface area contributed by atoms with Gasteiger partial charge in [-0.15, -0.1) is 0 Å². The summed E-state index contributed by atoms with van der Waals surface area (Å²) in [5.74, 6) is 0.241. The number of aryl methyl sites for hydroxylation is 2. The Bertz CT molecular complexity index is 1360. The van der Waals surface area contributed by atoms with Gasteiger partial charge < -0.3 is 4.90 Å². The van der Waals surface area contributed by atoms with Crippen LogP contribution in [-0.4, -0.2) is 27.8 Å². The second kappa shape index (κ2) is 8.63. The summed E-state index contributed by atoms with van der Waals surface area (Å²) in [6, 6.07) is 23.2. The number of para-hydroxylation sites is 2. The van der Waals surface area contributed by atoms with E-state index in [1.54, 1.807) is 10.6 Å². The highest BCUT2D eigenvalue weighted by Crippen LogP contribution is 2.28. The van der Waals surface area contributed by atoms with Crippen LogP contribution >= 0.6 is 11.8 Å². The molecular formula is C26H23N3O2S. The summed E-state index contributed by atoms with van der Waals surface area (Å²) in [6.45, 7) is 2.72. The molecule has 1 aliphatic heterocycles. The van der Waals surface area contributed by atoms with Gasteiger partial charge in [0.2, 0.25) is 5.91 Å². The molecule has 1 amide bonds. The minimum atomic E-state index is -0.127. The molecule has 160 valence electrons. The van der Waals surface area contributed by atoms with Crippen LogP contribution in [0.1, 0.15) is 17.5 Å². The predicted octanol–water partition coefficient (Wildman–Crippen LogP) is 4.77. The molecule has 0 unspecified atom stereocenters. The van der Waals surface area contributed by atoms with Crippen molar-refractivity contribution in [1.29, 1.82) is 0 Å². The highest BCUT2D eigenvalue weighted by atomic mass is 32.2. The number of hydrogen-bond donors (Lipinski definition) is 0. The van der Waals surface area contributed by atoms with Crippen molar-refractivity contribution < 1.29 is 4.79 Å². The van der Waals surface area contributed by atoms with Crippen LogP contribution in [-0.2, 0) is 11.2 Å². The Labute approximate surface area is 190 Å². The average Bonchev–Trinajstić information content (AvgIpc) is 2.83. The van der Waals surface area contributed by atoms with E-state index in [2.05, 4.69) is 6.07 Å². The molecule has 0 aliphatic carbocycles. The van der Waals surface area contributed by atoms with Gasteiger partial charge in [-0.25, -0.2) is 4.98 Å². The molecule has 0 spiro atoms. The lowest BCUT2D eigenvalue weighted by Gasteiger charge is -2.29. The fourth-order valence-electron chi connectivity index (χ4n) is 4.13. The van der Waals surface area contributed by atoms with Crippen molar-refractivity contribution in [2.45, 2.75) is 24.9 Å². The van der Waals surface area contributed by atoms with Gasteiger partial charge >= 0.3 is 0 Å². The van der Waals surface area contributed by atoms with E-state index in [-0.39, 0.29) is 17.2 Å². The van der Waals surface area contributed by atoms with Gasteiger partial charge in [-0.1, -0.05) is 59.8 Å². The average molecular weight is 442 g/mol. The Morgan fingerprint density at radius 3 is 2.59 bits per heavy atom.